The smallest absolute Gasteiger partial charge is 0.244 e. The fraction of sp³-hybridized carbons (Fsp3) is 0.560. The summed E-state index contributed by atoms with van der Waals surface area (Å²) in [5.74, 6) is 3.59. The van der Waals surface area contributed by atoms with Crippen molar-refractivity contribution in [2.75, 3.05) is 18.4 Å². The molecule has 4 aliphatic carbocycles. The van der Waals surface area contributed by atoms with E-state index >= 15 is 0 Å². The van der Waals surface area contributed by atoms with Crippen LogP contribution < -0.4 is 5.32 Å². The van der Waals surface area contributed by atoms with E-state index in [0.29, 0.717) is 18.4 Å². The van der Waals surface area contributed by atoms with Crippen molar-refractivity contribution in [3.63, 3.8) is 0 Å². The van der Waals surface area contributed by atoms with Gasteiger partial charge in [0.2, 0.25) is 10.0 Å². The van der Waals surface area contributed by atoms with E-state index in [9.17, 15) is 13.7 Å². The highest BCUT2D eigenvalue weighted by atomic mass is 32.2. The van der Waals surface area contributed by atoms with Gasteiger partial charge in [0.1, 0.15) is 18.2 Å². The van der Waals surface area contributed by atoms with Crippen LogP contribution in [0.4, 0.5) is 5.82 Å². The van der Waals surface area contributed by atoms with Gasteiger partial charge in [-0.1, -0.05) is 12.1 Å². The first kappa shape index (κ1) is 21.1. The monoisotopic (exact) mass is 463 g/mol. The molecule has 0 atom stereocenters. The predicted molar refractivity (Wildman–Crippen MR) is 124 cm³/mol. The number of sulfonamides is 1. The van der Waals surface area contributed by atoms with Gasteiger partial charge in [-0.3, -0.25) is 0 Å². The SMILES string of the molecule is N#Cc1ccccc1S(=O)(=O)N1CCc2c(ncnc2NCC23CC4CC(CC(C4)C2)C3)C1. The van der Waals surface area contributed by atoms with E-state index in [0.717, 1.165) is 41.4 Å². The van der Waals surface area contributed by atoms with Crippen molar-refractivity contribution in [2.45, 2.75) is 56.4 Å². The minimum atomic E-state index is -3.77. The van der Waals surface area contributed by atoms with Crippen molar-refractivity contribution in [1.29, 1.82) is 5.26 Å². The second kappa shape index (κ2) is 7.78. The molecule has 1 aromatic carbocycles. The van der Waals surface area contributed by atoms with Gasteiger partial charge in [-0.05, 0) is 80.2 Å². The fourth-order valence-electron chi connectivity index (χ4n) is 7.39. The Morgan fingerprint density at radius 2 is 1.79 bits per heavy atom. The van der Waals surface area contributed by atoms with Crippen LogP contribution in [0.2, 0.25) is 0 Å². The minimum absolute atomic E-state index is 0.0603. The Morgan fingerprint density at radius 1 is 1.09 bits per heavy atom. The summed E-state index contributed by atoms with van der Waals surface area (Å²) in [7, 11) is -3.77. The Hall–Kier alpha value is -2.50. The van der Waals surface area contributed by atoms with Gasteiger partial charge in [0.15, 0.2) is 0 Å². The van der Waals surface area contributed by atoms with Crippen LogP contribution >= 0.6 is 0 Å². The van der Waals surface area contributed by atoms with Crippen molar-refractivity contribution < 1.29 is 8.42 Å². The number of nitrogens with zero attached hydrogens (tertiary/aromatic N) is 4. The molecular weight excluding hydrogens is 434 g/mol. The van der Waals surface area contributed by atoms with Crippen molar-refractivity contribution in [3.8, 4) is 6.07 Å². The number of nitrogens with one attached hydrogen (secondary N) is 1. The summed E-state index contributed by atoms with van der Waals surface area (Å²) in [6.07, 6.45) is 10.4. The molecule has 0 unspecified atom stereocenters. The molecule has 0 saturated heterocycles. The lowest BCUT2D eigenvalue weighted by Gasteiger charge is -2.57. The van der Waals surface area contributed by atoms with E-state index in [-0.39, 0.29) is 17.0 Å². The van der Waals surface area contributed by atoms with Gasteiger partial charge in [0.05, 0.1) is 22.7 Å². The van der Waals surface area contributed by atoms with Gasteiger partial charge in [-0.15, -0.1) is 0 Å². The van der Waals surface area contributed by atoms with Crippen molar-refractivity contribution in [3.05, 3.63) is 47.4 Å². The van der Waals surface area contributed by atoms with E-state index in [1.807, 2.05) is 6.07 Å². The van der Waals surface area contributed by atoms with Gasteiger partial charge < -0.3 is 5.32 Å². The third kappa shape index (κ3) is 3.62. The lowest BCUT2D eigenvalue weighted by atomic mass is 9.49. The van der Waals surface area contributed by atoms with Gasteiger partial charge >= 0.3 is 0 Å². The first-order chi connectivity index (χ1) is 16.0. The summed E-state index contributed by atoms with van der Waals surface area (Å²) in [6, 6.07) is 8.37. The van der Waals surface area contributed by atoms with E-state index in [1.54, 1.807) is 24.5 Å². The molecule has 1 aliphatic heterocycles. The number of benzene rings is 1. The zero-order valence-corrected chi connectivity index (χ0v) is 19.5. The number of hydrogen-bond acceptors (Lipinski definition) is 6. The van der Waals surface area contributed by atoms with Crippen molar-refractivity contribution in [2.24, 2.45) is 23.2 Å². The zero-order chi connectivity index (χ0) is 22.6. The number of aromatic nitrogens is 2. The molecule has 7 nitrogen and oxygen atoms in total. The van der Waals surface area contributed by atoms with Crippen LogP contribution in [-0.2, 0) is 23.0 Å². The second-order valence-corrected chi connectivity index (χ2v) is 12.5. The van der Waals surface area contributed by atoms with Gasteiger partial charge in [-0.2, -0.15) is 9.57 Å². The highest BCUT2D eigenvalue weighted by Gasteiger charge is 2.50. The summed E-state index contributed by atoms with van der Waals surface area (Å²) in [5.41, 5.74) is 2.35. The fourth-order valence-corrected chi connectivity index (χ4v) is 8.93. The van der Waals surface area contributed by atoms with E-state index < -0.39 is 10.0 Å². The highest BCUT2D eigenvalue weighted by Crippen LogP contribution is 2.59. The summed E-state index contributed by atoms with van der Waals surface area (Å²) < 4.78 is 28.0. The standard InChI is InChI=1S/C25H29N5O2S/c26-13-20-3-1-2-4-23(20)33(31,32)30-6-5-21-22(14-30)28-16-29-24(21)27-15-25-10-17-7-18(11-25)9-19(8-17)12-25/h1-4,16-19H,5-12,14-15H2,(H,27,28,29). The molecule has 8 heteroatoms. The largest absolute Gasteiger partial charge is 0.369 e. The molecule has 33 heavy (non-hydrogen) atoms. The van der Waals surface area contributed by atoms with Crippen LogP contribution in [0.5, 0.6) is 0 Å². The molecule has 1 N–H and O–H groups in total. The summed E-state index contributed by atoms with van der Waals surface area (Å²) in [5, 5.41) is 13.0. The molecule has 2 heterocycles. The Bertz CT molecular complexity index is 1200. The topological polar surface area (TPSA) is 99.0 Å². The number of anilines is 1. The molecule has 1 aromatic heterocycles. The van der Waals surface area contributed by atoms with Crippen molar-refractivity contribution >= 4 is 15.8 Å². The first-order valence-corrected chi connectivity index (χ1v) is 13.5. The molecule has 7 rings (SSSR count). The first-order valence-electron chi connectivity index (χ1n) is 12.0. The zero-order valence-electron chi connectivity index (χ0n) is 18.7. The number of hydrogen-bond donors (Lipinski definition) is 1. The Balaban J connectivity index is 1.21. The van der Waals surface area contributed by atoms with E-state index in [1.165, 1.54) is 48.9 Å². The molecule has 2 aromatic rings. The van der Waals surface area contributed by atoms with Crippen molar-refractivity contribution in [1.82, 2.24) is 14.3 Å². The van der Waals surface area contributed by atoms with Crippen LogP contribution in [0.1, 0.15) is 55.3 Å². The summed E-state index contributed by atoms with van der Waals surface area (Å²) in [6.45, 7) is 1.51. The van der Waals surface area contributed by atoms with Crippen LogP contribution in [-0.4, -0.2) is 35.8 Å². The maximum atomic E-state index is 13.3. The molecule has 0 radical (unpaired) electrons. The van der Waals surface area contributed by atoms with Gasteiger partial charge in [0, 0.05) is 18.7 Å². The minimum Gasteiger partial charge on any atom is -0.369 e. The number of rotatable bonds is 5. The molecule has 0 spiro atoms. The van der Waals surface area contributed by atoms with Gasteiger partial charge in [0.25, 0.3) is 0 Å². The molecule has 0 amide bonds. The quantitative estimate of drug-likeness (QED) is 0.726. The third-order valence-corrected chi connectivity index (χ3v) is 10.3. The highest BCUT2D eigenvalue weighted by molar-refractivity contribution is 7.89. The second-order valence-electron chi connectivity index (χ2n) is 10.6. The Morgan fingerprint density at radius 3 is 2.48 bits per heavy atom. The number of fused-ring (bicyclic) bond motifs is 1. The molecule has 4 bridgehead atoms. The molecular formula is C25H29N5O2S. The van der Waals surface area contributed by atoms with Crippen LogP contribution in [0, 0.1) is 34.5 Å². The maximum Gasteiger partial charge on any atom is 0.244 e. The lowest BCUT2D eigenvalue weighted by molar-refractivity contribution is -0.0444. The normalized spacial score (nSPS) is 30.6. The molecule has 4 saturated carbocycles. The molecule has 4 fully saturated rings. The van der Waals surface area contributed by atoms with Crippen LogP contribution in [0.25, 0.3) is 0 Å². The number of nitriles is 1. The Labute approximate surface area is 195 Å². The predicted octanol–water partition coefficient (Wildman–Crippen LogP) is 3.72. The van der Waals surface area contributed by atoms with Crippen LogP contribution in [0.15, 0.2) is 35.5 Å². The van der Waals surface area contributed by atoms with E-state index in [4.69, 9.17) is 0 Å². The molecule has 5 aliphatic rings. The maximum absolute atomic E-state index is 13.3. The average molecular weight is 464 g/mol. The van der Waals surface area contributed by atoms with Crippen LogP contribution in [0.3, 0.4) is 0 Å². The summed E-state index contributed by atoms with van der Waals surface area (Å²) in [4.78, 5) is 9.04. The summed E-state index contributed by atoms with van der Waals surface area (Å²) >= 11 is 0. The van der Waals surface area contributed by atoms with Gasteiger partial charge in [-0.25, -0.2) is 18.4 Å². The Kier molecular flexibility index (Phi) is 4.96. The third-order valence-electron chi connectivity index (χ3n) is 8.39. The average Bonchev–Trinajstić information content (AvgIpc) is 2.81. The van der Waals surface area contributed by atoms with E-state index in [2.05, 4.69) is 15.3 Å². The molecule has 172 valence electrons. The lowest BCUT2D eigenvalue weighted by Crippen LogP contribution is -2.49.